The molecule has 112 valence electrons. The smallest absolute Gasteiger partial charge is 0.133 e. The van der Waals surface area contributed by atoms with E-state index in [9.17, 15) is 0 Å². The van der Waals surface area contributed by atoms with Gasteiger partial charge in [0.15, 0.2) is 0 Å². The molecule has 3 nitrogen and oxygen atoms in total. The third-order valence-corrected chi connectivity index (χ3v) is 3.97. The fourth-order valence-corrected chi connectivity index (χ4v) is 2.62. The fourth-order valence-electron chi connectivity index (χ4n) is 2.62. The van der Waals surface area contributed by atoms with E-state index >= 15 is 0 Å². The zero-order valence-electron chi connectivity index (χ0n) is 13.1. The molecule has 3 aromatic rings. The van der Waals surface area contributed by atoms with Gasteiger partial charge in [0.1, 0.15) is 5.82 Å². The van der Waals surface area contributed by atoms with Gasteiger partial charge in [0.25, 0.3) is 0 Å². The van der Waals surface area contributed by atoms with E-state index in [1.54, 1.807) is 0 Å². The first kappa shape index (κ1) is 14.5. The summed E-state index contributed by atoms with van der Waals surface area (Å²) in [6.07, 6.45) is 4.16. The van der Waals surface area contributed by atoms with Gasteiger partial charge in [0.05, 0.1) is 11.0 Å². The Morgan fingerprint density at radius 1 is 1.05 bits per heavy atom. The highest BCUT2D eigenvalue weighted by Crippen LogP contribution is 2.22. The number of nitrogens with two attached hydrogens (primary N) is 1. The number of rotatable bonds is 4. The summed E-state index contributed by atoms with van der Waals surface area (Å²) in [5, 5.41) is 0. The molecule has 3 rings (SSSR count). The second-order valence-electron chi connectivity index (χ2n) is 5.58. The van der Waals surface area contributed by atoms with Gasteiger partial charge in [-0.1, -0.05) is 36.4 Å². The standard InChI is InChI=1S/C19H21N3/c1-14-12-17-18(13-15(14)2)22(11-10-20)19(21-17)9-8-16-6-4-3-5-7-16/h3-9,12-13H,10-11,20H2,1-2H3/b9-8+. The van der Waals surface area contributed by atoms with Crippen molar-refractivity contribution in [2.45, 2.75) is 20.4 Å². The number of fused-ring (bicyclic) bond motifs is 1. The van der Waals surface area contributed by atoms with E-state index in [1.165, 1.54) is 16.7 Å². The van der Waals surface area contributed by atoms with Crippen molar-refractivity contribution in [3.8, 4) is 0 Å². The van der Waals surface area contributed by atoms with Crippen LogP contribution in [0.4, 0.5) is 0 Å². The molecule has 1 aromatic heterocycles. The lowest BCUT2D eigenvalue weighted by atomic mass is 10.1. The topological polar surface area (TPSA) is 43.8 Å². The molecule has 0 fully saturated rings. The molecule has 0 aliphatic heterocycles. The van der Waals surface area contributed by atoms with Gasteiger partial charge in [0.2, 0.25) is 0 Å². The van der Waals surface area contributed by atoms with E-state index in [1.807, 2.05) is 18.2 Å². The molecule has 0 unspecified atom stereocenters. The minimum absolute atomic E-state index is 0.602. The molecule has 22 heavy (non-hydrogen) atoms. The molecular formula is C19H21N3. The highest BCUT2D eigenvalue weighted by molar-refractivity contribution is 5.81. The van der Waals surface area contributed by atoms with Gasteiger partial charge in [-0.15, -0.1) is 0 Å². The summed E-state index contributed by atoms with van der Waals surface area (Å²) in [7, 11) is 0. The van der Waals surface area contributed by atoms with Crippen molar-refractivity contribution in [3.05, 3.63) is 65.0 Å². The molecule has 0 aliphatic rings. The van der Waals surface area contributed by atoms with Crippen molar-refractivity contribution in [2.24, 2.45) is 5.73 Å². The van der Waals surface area contributed by atoms with E-state index < -0.39 is 0 Å². The molecule has 0 bridgehead atoms. The van der Waals surface area contributed by atoms with Gasteiger partial charge >= 0.3 is 0 Å². The Labute approximate surface area is 131 Å². The van der Waals surface area contributed by atoms with Crippen LogP contribution in [0.15, 0.2) is 42.5 Å². The first-order chi connectivity index (χ1) is 10.7. The zero-order chi connectivity index (χ0) is 15.5. The number of aryl methyl sites for hydroxylation is 2. The summed E-state index contributed by atoms with van der Waals surface area (Å²) in [6, 6.07) is 14.6. The van der Waals surface area contributed by atoms with Gasteiger partial charge in [-0.25, -0.2) is 4.98 Å². The maximum atomic E-state index is 5.78. The van der Waals surface area contributed by atoms with Crippen LogP contribution >= 0.6 is 0 Å². The van der Waals surface area contributed by atoms with E-state index in [0.29, 0.717) is 6.54 Å². The molecule has 0 saturated heterocycles. The van der Waals surface area contributed by atoms with Crippen LogP contribution in [0.25, 0.3) is 23.2 Å². The quantitative estimate of drug-likeness (QED) is 0.795. The molecule has 1 heterocycles. The highest BCUT2D eigenvalue weighted by atomic mass is 15.1. The van der Waals surface area contributed by atoms with Gasteiger partial charge < -0.3 is 10.3 Å². The number of imidazole rings is 1. The fraction of sp³-hybridized carbons (Fsp3) is 0.211. The van der Waals surface area contributed by atoms with Gasteiger partial charge in [-0.3, -0.25) is 0 Å². The first-order valence-electron chi connectivity index (χ1n) is 7.59. The minimum Gasteiger partial charge on any atom is -0.329 e. The monoisotopic (exact) mass is 291 g/mol. The predicted molar refractivity (Wildman–Crippen MR) is 93.6 cm³/mol. The van der Waals surface area contributed by atoms with Gasteiger partial charge in [0, 0.05) is 13.1 Å². The van der Waals surface area contributed by atoms with E-state index in [-0.39, 0.29) is 0 Å². The average Bonchev–Trinajstić information content (AvgIpc) is 2.84. The van der Waals surface area contributed by atoms with Crippen LogP contribution in [0.3, 0.4) is 0 Å². The Morgan fingerprint density at radius 2 is 1.77 bits per heavy atom. The van der Waals surface area contributed by atoms with Crippen molar-refractivity contribution in [3.63, 3.8) is 0 Å². The molecule has 2 N–H and O–H groups in total. The van der Waals surface area contributed by atoms with Crippen LogP contribution in [-0.4, -0.2) is 16.1 Å². The molecule has 0 saturated carbocycles. The Bertz CT molecular complexity index is 814. The van der Waals surface area contributed by atoms with Gasteiger partial charge in [-0.2, -0.15) is 0 Å². The summed E-state index contributed by atoms with van der Waals surface area (Å²) in [4.78, 5) is 4.77. The predicted octanol–water partition coefficient (Wildman–Crippen LogP) is 3.78. The maximum absolute atomic E-state index is 5.78. The number of hydrogen-bond acceptors (Lipinski definition) is 2. The molecule has 0 radical (unpaired) electrons. The lowest BCUT2D eigenvalue weighted by Gasteiger charge is -2.06. The van der Waals surface area contributed by atoms with Crippen molar-refractivity contribution in [1.29, 1.82) is 0 Å². The number of benzene rings is 2. The minimum atomic E-state index is 0.602. The van der Waals surface area contributed by atoms with Gasteiger partial charge in [-0.05, 0) is 48.7 Å². The Kier molecular flexibility index (Phi) is 4.07. The Hall–Kier alpha value is -2.39. The van der Waals surface area contributed by atoms with Crippen LogP contribution in [0, 0.1) is 13.8 Å². The highest BCUT2D eigenvalue weighted by Gasteiger charge is 2.09. The number of aromatic nitrogens is 2. The molecular weight excluding hydrogens is 270 g/mol. The SMILES string of the molecule is Cc1cc2nc(/C=C/c3ccccc3)n(CCN)c2cc1C. The summed E-state index contributed by atoms with van der Waals surface area (Å²) >= 11 is 0. The molecule has 0 amide bonds. The first-order valence-corrected chi connectivity index (χ1v) is 7.59. The third-order valence-electron chi connectivity index (χ3n) is 3.97. The van der Waals surface area contributed by atoms with Crippen LogP contribution < -0.4 is 5.73 Å². The largest absolute Gasteiger partial charge is 0.329 e. The average molecular weight is 291 g/mol. The third kappa shape index (κ3) is 2.81. The Balaban J connectivity index is 2.08. The number of hydrogen-bond donors (Lipinski definition) is 1. The zero-order valence-corrected chi connectivity index (χ0v) is 13.1. The summed E-state index contributed by atoms with van der Waals surface area (Å²) in [6.45, 7) is 5.63. The Morgan fingerprint density at radius 3 is 2.50 bits per heavy atom. The normalized spacial score (nSPS) is 11.6. The molecule has 0 spiro atoms. The maximum Gasteiger partial charge on any atom is 0.133 e. The molecule has 0 atom stereocenters. The van der Waals surface area contributed by atoms with E-state index in [0.717, 1.165) is 23.4 Å². The summed E-state index contributed by atoms with van der Waals surface area (Å²) in [5.41, 5.74) is 11.7. The van der Waals surface area contributed by atoms with Crippen LogP contribution in [0.2, 0.25) is 0 Å². The summed E-state index contributed by atoms with van der Waals surface area (Å²) in [5.74, 6) is 0.953. The second-order valence-corrected chi connectivity index (χ2v) is 5.58. The second kappa shape index (κ2) is 6.16. The van der Waals surface area contributed by atoms with Crippen LogP contribution in [0.5, 0.6) is 0 Å². The molecule has 3 heteroatoms. The van der Waals surface area contributed by atoms with Crippen LogP contribution in [-0.2, 0) is 6.54 Å². The lowest BCUT2D eigenvalue weighted by molar-refractivity contribution is 0.721. The van der Waals surface area contributed by atoms with Crippen molar-refractivity contribution in [2.75, 3.05) is 6.54 Å². The molecule has 0 aliphatic carbocycles. The van der Waals surface area contributed by atoms with Crippen LogP contribution in [0.1, 0.15) is 22.5 Å². The lowest BCUT2D eigenvalue weighted by Crippen LogP contribution is -2.11. The molecule has 2 aromatic carbocycles. The van der Waals surface area contributed by atoms with E-state index in [4.69, 9.17) is 10.7 Å². The summed E-state index contributed by atoms with van der Waals surface area (Å²) < 4.78 is 2.20. The van der Waals surface area contributed by atoms with Crippen molar-refractivity contribution < 1.29 is 0 Å². The van der Waals surface area contributed by atoms with E-state index in [2.05, 4.69) is 54.8 Å². The number of nitrogens with zero attached hydrogens (tertiary/aromatic N) is 2. The van der Waals surface area contributed by atoms with Crippen molar-refractivity contribution >= 4 is 23.2 Å². The van der Waals surface area contributed by atoms with Crippen molar-refractivity contribution in [1.82, 2.24) is 9.55 Å².